The second kappa shape index (κ2) is 7.78. The van der Waals surface area contributed by atoms with Gasteiger partial charge in [0.15, 0.2) is 0 Å². The van der Waals surface area contributed by atoms with E-state index in [4.69, 9.17) is 16.3 Å². The number of hydrogen-bond donors (Lipinski definition) is 0. The number of halogens is 1. The maximum atomic E-state index is 12.7. The quantitative estimate of drug-likeness (QED) is 0.672. The van der Waals surface area contributed by atoms with Crippen molar-refractivity contribution in [1.29, 1.82) is 0 Å². The van der Waals surface area contributed by atoms with E-state index in [0.29, 0.717) is 25.6 Å². The first-order valence-electron chi connectivity index (χ1n) is 6.78. The highest BCUT2D eigenvalue weighted by molar-refractivity contribution is 7.86. The van der Waals surface area contributed by atoms with E-state index in [9.17, 15) is 8.42 Å². The summed E-state index contributed by atoms with van der Waals surface area (Å²) >= 11 is 5.92. The molecule has 1 atom stereocenters. The fourth-order valence-electron chi connectivity index (χ4n) is 2.39. The molecule has 1 rings (SSSR count). The van der Waals surface area contributed by atoms with Crippen LogP contribution in [0.5, 0.6) is 0 Å². The number of rotatable bonds is 7. The summed E-state index contributed by atoms with van der Waals surface area (Å²) in [5, 5.41) is 0. The van der Waals surface area contributed by atoms with Crippen LogP contribution in [0.2, 0.25) is 0 Å². The Balaban J connectivity index is 2.90. The predicted molar refractivity (Wildman–Crippen MR) is 77.7 cm³/mol. The molecule has 5 nitrogen and oxygen atoms in total. The van der Waals surface area contributed by atoms with Gasteiger partial charge in [0.1, 0.15) is 0 Å². The summed E-state index contributed by atoms with van der Waals surface area (Å²) in [6.07, 6.45) is 2.80. The summed E-state index contributed by atoms with van der Waals surface area (Å²) in [5.74, 6) is 0.357. The monoisotopic (exact) mass is 312 g/mol. The van der Waals surface area contributed by atoms with Crippen molar-refractivity contribution in [3.05, 3.63) is 0 Å². The van der Waals surface area contributed by atoms with Crippen molar-refractivity contribution in [3.8, 4) is 0 Å². The van der Waals surface area contributed by atoms with Crippen LogP contribution in [0.1, 0.15) is 33.1 Å². The number of ether oxygens (including phenoxy) is 1. The third-order valence-electron chi connectivity index (χ3n) is 3.44. The minimum absolute atomic E-state index is 0.0794. The Morgan fingerprint density at radius 3 is 2.63 bits per heavy atom. The Morgan fingerprint density at radius 2 is 2.11 bits per heavy atom. The lowest BCUT2D eigenvalue weighted by Crippen LogP contribution is -2.53. The van der Waals surface area contributed by atoms with E-state index in [1.54, 1.807) is 11.4 Å². The number of nitrogens with zero attached hydrogens (tertiary/aromatic N) is 2. The van der Waals surface area contributed by atoms with E-state index in [0.717, 1.165) is 19.3 Å². The number of methoxy groups -OCH3 is 1. The molecule has 19 heavy (non-hydrogen) atoms. The molecule has 1 saturated heterocycles. The number of piperidine rings is 1. The maximum absolute atomic E-state index is 12.7. The van der Waals surface area contributed by atoms with Gasteiger partial charge in [0.2, 0.25) is 0 Å². The van der Waals surface area contributed by atoms with Crippen LogP contribution in [-0.4, -0.2) is 61.8 Å². The maximum Gasteiger partial charge on any atom is 0.282 e. The molecule has 0 radical (unpaired) electrons. The van der Waals surface area contributed by atoms with E-state index in [2.05, 4.69) is 0 Å². The molecule has 1 unspecified atom stereocenters. The van der Waals surface area contributed by atoms with Gasteiger partial charge in [-0.1, -0.05) is 6.42 Å². The zero-order valence-electron chi connectivity index (χ0n) is 12.0. The van der Waals surface area contributed by atoms with Gasteiger partial charge in [0.05, 0.1) is 6.61 Å². The first kappa shape index (κ1) is 17.2. The van der Waals surface area contributed by atoms with Crippen LogP contribution in [0, 0.1) is 0 Å². The van der Waals surface area contributed by atoms with Gasteiger partial charge in [0, 0.05) is 38.2 Å². The number of alkyl halides is 1. The minimum atomic E-state index is -3.45. The van der Waals surface area contributed by atoms with Crippen LogP contribution >= 0.6 is 11.6 Å². The molecular weight excluding hydrogens is 288 g/mol. The highest BCUT2D eigenvalue weighted by atomic mass is 35.5. The first-order chi connectivity index (χ1) is 8.95. The number of hydrogen-bond acceptors (Lipinski definition) is 3. The summed E-state index contributed by atoms with van der Waals surface area (Å²) in [6, 6.07) is -0.165. The Kier molecular flexibility index (Phi) is 7.04. The standard InChI is InChI=1S/C12H25ClN2O3S/c1-11(2)14(8-9-18-3)19(16,17)15-7-5-4-6-12(15)10-13/h11-12H,4-10H2,1-3H3. The second-order valence-corrected chi connectivity index (χ2v) is 7.26. The fourth-order valence-corrected chi connectivity index (χ4v) is 4.81. The van der Waals surface area contributed by atoms with Gasteiger partial charge in [-0.3, -0.25) is 0 Å². The Bertz CT molecular complexity index is 362. The average Bonchev–Trinajstić information content (AvgIpc) is 2.38. The average molecular weight is 313 g/mol. The predicted octanol–water partition coefficient (Wildman–Crippen LogP) is 1.68. The molecule has 0 aromatic carbocycles. The highest BCUT2D eigenvalue weighted by Gasteiger charge is 2.37. The Morgan fingerprint density at radius 1 is 1.42 bits per heavy atom. The Labute approximate surface area is 122 Å². The highest BCUT2D eigenvalue weighted by Crippen LogP contribution is 2.24. The Hall–Kier alpha value is 0.120. The molecule has 114 valence electrons. The molecule has 7 heteroatoms. The molecule has 1 fully saturated rings. The van der Waals surface area contributed by atoms with E-state index in [1.807, 2.05) is 13.8 Å². The van der Waals surface area contributed by atoms with E-state index in [1.165, 1.54) is 4.31 Å². The van der Waals surface area contributed by atoms with Gasteiger partial charge in [-0.2, -0.15) is 17.0 Å². The van der Waals surface area contributed by atoms with Gasteiger partial charge in [-0.25, -0.2) is 0 Å². The SMILES string of the molecule is COCCN(C(C)C)S(=O)(=O)N1CCCCC1CCl. The topological polar surface area (TPSA) is 49.9 Å². The van der Waals surface area contributed by atoms with Gasteiger partial charge in [-0.15, -0.1) is 11.6 Å². The normalized spacial score (nSPS) is 22.3. The molecule has 1 aliphatic heterocycles. The third kappa shape index (κ3) is 4.29. The summed E-state index contributed by atoms with van der Waals surface area (Å²) < 4.78 is 33.6. The van der Waals surface area contributed by atoms with Crippen LogP contribution in [0.25, 0.3) is 0 Å². The molecule has 0 spiro atoms. The molecule has 1 heterocycles. The van der Waals surface area contributed by atoms with Gasteiger partial charge < -0.3 is 4.74 Å². The van der Waals surface area contributed by atoms with E-state index < -0.39 is 10.2 Å². The van der Waals surface area contributed by atoms with Gasteiger partial charge >= 0.3 is 0 Å². The molecule has 0 N–H and O–H groups in total. The molecular formula is C12H25ClN2O3S. The largest absolute Gasteiger partial charge is 0.383 e. The summed E-state index contributed by atoms with van der Waals surface area (Å²) in [6.45, 7) is 5.11. The lowest BCUT2D eigenvalue weighted by Gasteiger charge is -2.38. The van der Waals surface area contributed by atoms with Crippen molar-refractivity contribution in [1.82, 2.24) is 8.61 Å². The van der Waals surface area contributed by atoms with Crippen molar-refractivity contribution in [3.63, 3.8) is 0 Å². The second-order valence-electron chi connectivity index (χ2n) is 5.12. The summed E-state index contributed by atoms with van der Waals surface area (Å²) in [7, 11) is -1.88. The zero-order chi connectivity index (χ0) is 14.5. The molecule has 0 bridgehead atoms. The smallest absolute Gasteiger partial charge is 0.282 e. The van der Waals surface area contributed by atoms with Gasteiger partial charge in [-0.05, 0) is 26.7 Å². The van der Waals surface area contributed by atoms with Crippen molar-refractivity contribution < 1.29 is 13.2 Å². The van der Waals surface area contributed by atoms with Crippen LogP contribution in [-0.2, 0) is 14.9 Å². The van der Waals surface area contributed by atoms with Crippen LogP contribution in [0.15, 0.2) is 0 Å². The molecule has 1 aliphatic rings. The van der Waals surface area contributed by atoms with Gasteiger partial charge in [0.25, 0.3) is 10.2 Å². The van der Waals surface area contributed by atoms with Crippen molar-refractivity contribution in [2.75, 3.05) is 32.7 Å². The van der Waals surface area contributed by atoms with Crippen LogP contribution in [0.4, 0.5) is 0 Å². The fraction of sp³-hybridized carbons (Fsp3) is 1.00. The molecule has 0 saturated carbocycles. The van der Waals surface area contributed by atoms with Crippen LogP contribution < -0.4 is 0 Å². The van der Waals surface area contributed by atoms with Crippen molar-refractivity contribution in [2.24, 2.45) is 0 Å². The van der Waals surface area contributed by atoms with Crippen LogP contribution in [0.3, 0.4) is 0 Å². The molecule has 0 aromatic heterocycles. The molecule has 0 amide bonds. The summed E-state index contributed by atoms with van der Waals surface area (Å²) in [5.41, 5.74) is 0. The third-order valence-corrected chi connectivity index (χ3v) is 6.06. The van der Waals surface area contributed by atoms with E-state index >= 15 is 0 Å². The lowest BCUT2D eigenvalue weighted by molar-refractivity contribution is 0.162. The molecule has 0 aromatic rings. The van der Waals surface area contributed by atoms with Crippen molar-refractivity contribution >= 4 is 21.8 Å². The molecule has 0 aliphatic carbocycles. The minimum Gasteiger partial charge on any atom is -0.383 e. The summed E-state index contributed by atoms with van der Waals surface area (Å²) in [4.78, 5) is 0. The van der Waals surface area contributed by atoms with E-state index in [-0.39, 0.29) is 12.1 Å². The van der Waals surface area contributed by atoms with Crippen molar-refractivity contribution in [2.45, 2.75) is 45.2 Å². The zero-order valence-corrected chi connectivity index (χ0v) is 13.6. The first-order valence-corrected chi connectivity index (χ1v) is 8.71. The lowest BCUT2D eigenvalue weighted by atomic mass is 10.1.